The Balaban J connectivity index is 1.76. The predicted molar refractivity (Wildman–Crippen MR) is 121 cm³/mol. The largest absolute Gasteiger partial charge is 0.479 e. The number of amidine groups is 1. The van der Waals surface area contributed by atoms with Gasteiger partial charge in [-0.05, 0) is 38.5 Å². The van der Waals surface area contributed by atoms with E-state index >= 15 is 4.39 Å². The number of hydrogen-bond donors (Lipinski definition) is 1. The summed E-state index contributed by atoms with van der Waals surface area (Å²) in [6, 6.07) is 5.00. The van der Waals surface area contributed by atoms with Crippen molar-refractivity contribution in [2.45, 2.75) is 39.0 Å². The molecule has 0 bridgehead atoms. The first kappa shape index (κ1) is 22.7. The summed E-state index contributed by atoms with van der Waals surface area (Å²) in [4.78, 5) is 15.2. The molecule has 2 unspecified atom stereocenters. The number of halogens is 2. The van der Waals surface area contributed by atoms with Gasteiger partial charge in [-0.1, -0.05) is 17.8 Å². The Morgan fingerprint density at radius 2 is 2.09 bits per heavy atom. The van der Waals surface area contributed by atoms with Gasteiger partial charge in [-0.15, -0.1) is 0 Å². The molecule has 0 aliphatic carbocycles. The van der Waals surface area contributed by atoms with Gasteiger partial charge in [0.1, 0.15) is 11.4 Å². The average Bonchev–Trinajstić information content (AvgIpc) is 3.14. The number of nitrogens with two attached hydrogens (primary N) is 1. The number of aromatic nitrogens is 2. The lowest BCUT2D eigenvalue weighted by Gasteiger charge is -2.35. The summed E-state index contributed by atoms with van der Waals surface area (Å²) in [5.74, 6) is -0.0852. The molecule has 1 fully saturated rings. The molecular formula is C22H27F2N5O2S. The Labute approximate surface area is 190 Å². The van der Waals surface area contributed by atoms with Gasteiger partial charge in [0.25, 0.3) is 5.88 Å². The van der Waals surface area contributed by atoms with Gasteiger partial charge in [0.15, 0.2) is 5.17 Å². The molecule has 2 N–H and O–H groups in total. The van der Waals surface area contributed by atoms with Crippen LogP contribution in [-0.4, -0.2) is 47.2 Å². The lowest BCUT2D eigenvalue weighted by atomic mass is 9.81. The summed E-state index contributed by atoms with van der Waals surface area (Å²) in [5.41, 5.74) is 6.75. The van der Waals surface area contributed by atoms with Crippen LogP contribution in [0.3, 0.4) is 0 Å². The quantitative estimate of drug-likeness (QED) is 0.703. The summed E-state index contributed by atoms with van der Waals surface area (Å²) in [5, 5.41) is 0.417. The number of aliphatic imine (C=N–C) groups is 1. The molecule has 2 aliphatic rings. The van der Waals surface area contributed by atoms with E-state index < -0.39 is 11.4 Å². The molecule has 1 aromatic carbocycles. The Hall–Kier alpha value is -2.46. The lowest BCUT2D eigenvalue weighted by Crippen LogP contribution is -2.40. The Morgan fingerprint density at radius 3 is 2.81 bits per heavy atom. The minimum atomic E-state index is -0.897. The highest BCUT2D eigenvalue weighted by molar-refractivity contribution is 8.13. The second-order valence-corrected chi connectivity index (χ2v) is 9.41. The van der Waals surface area contributed by atoms with Gasteiger partial charge in [-0.3, -0.25) is 0 Å². The second kappa shape index (κ2) is 8.82. The van der Waals surface area contributed by atoms with Crippen molar-refractivity contribution < 1.29 is 18.3 Å². The van der Waals surface area contributed by atoms with Crippen LogP contribution < -0.4 is 15.4 Å². The molecule has 0 amide bonds. The molecule has 0 radical (unpaired) electrons. The topological polar surface area (TPSA) is 85.9 Å². The third-order valence-corrected chi connectivity index (χ3v) is 6.78. The summed E-state index contributed by atoms with van der Waals surface area (Å²) in [6.45, 7) is 6.70. The summed E-state index contributed by atoms with van der Waals surface area (Å²) >= 11 is 1.45. The monoisotopic (exact) mass is 463 g/mol. The van der Waals surface area contributed by atoms with Crippen LogP contribution in [0.15, 0.2) is 23.2 Å². The molecule has 7 nitrogen and oxygen atoms in total. The van der Waals surface area contributed by atoms with Gasteiger partial charge >= 0.3 is 0 Å². The first-order chi connectivity index (χ1) is 15.2. The third-order valence-electron chi connectivity index (χ3n) is 5.82. The zero-order chi connectivity index (χ0) is 23.0. The van der Waals surface area contributed by atoms with Crippen molar-refractivity contribution in [3.05, 3.63) is 46.7 Å². The van der Waals surface area contributed by atoms with Gasteiger partial charge in [0, 0.05) is 23.8 Å². The fraction of sp³-hybridized carbons (Fsp3) is 0.500. The van der Waals surface area contributed by atoms with Crippen molar-refractivity contribution in [1.82, 2.24) is 9.97 Å². The van der Waals surface area contributed by atoms with Crippen LogP contribution >= 0.6 is 11.8 Å². The summed E-state index contributed by atoms with van der Waals surface area (Å²) in [6.07, 6.45) is 0.0602. The van der Waals surface area contributed by atoms with E-state index in [9.17, 15) is 4.39 Å². The molecule has 4 rings (SSSR count). The summed E-state index contributed by atoms with van der Waals surface area (Å²) in [7, 11) is 1.36. The standard InChI is InChI=1S/C22H27F2N5O2S/c1-12(2)31-9-14-5-6-17(23)16(7-14)22-11-29(8-15(22)10-32-20(25)28-22)21-26-13(3)18(24)19(27-21)30-4/h5-7,12,15H,8-11H2,1-4H3,(H2,25,28). The van der Waals surface area contributed by atoms with Crippen LogP contribution in [0.4, 0.5) is 14.7 Å². The number of ether oxygens (including phenoxy) is 2. The number of methoxy groups -OCH3 is 1. The molecular weight excluding hydrogens is 436 g/mol. The van der Waals surface area contributed by atoms with Crippen molar-refractivity contribution in [2.75, 3.05) is 30.9 Å². The second-order valence-electron chi connectivity index (χ2n) is 8.37. The van der Waals surface area contributed by atoms with E-state index in [2.05, 4.69) is 9.97 Å². The van der Waals surface area contributed by atoms with Crippen molar-refractivity contribution in [3.8, 4) is 5.88 Å². The Bertz CT molecular complexity index is 1050. The van der Waals surface area contributed by atoms with Gasteiger partial charge in [0.2, 0.25) is 11.8 Å². The number of rotatable bonds is 6. The van der Waals surface area contributed by atoms with E-state index in [-0.39, 0.29) is 29.4 Å². The molecule has 1 saturated heterocycles. The first-order valence-corrected chi connectivity index (χ1v) is 11.4. The highest BCUT2D eigenvalue weighted by atomic mass is 32.2. The first-order valence-electron chi connectivity index (χ1n) is 10.4. The lowest BCUT2D eigenvalue weighted by molar-refractivity contribution is 0.0656. The van der Waals surface area contributed by atoms with Crippen molar-refractivity contribution >= 4 is 22.9 Å². The number of nitrogens with zero attached hydrogens (tertiary/aromatic N) is 4. The molecule has 2 aromatic rings. The molecule has 2 aliphatic heterocycles. The van der Waals surface area contributed by atoms with Crippen molar-refractivity contribution in [1.29, 1.82) is 0 Å². The zero-order valence-electron chi connectivity index (χ0n) is 18.6. The van der Waals surface area contributed by atoms with Crippen LogP contribution in [0.5, 0.6) is 5.88 Å². The van der Waals surface area contributed by atoms with Crippen LogP contribution in [0, 0.1) is 24.5 Å². The molecule has 3 heterocycles. The van der Waals surface area contributed by atoms with Crippen LogP contribution in [0.2, 0.25) is 0 Å². The van der Waals surface area contributed by atoms with Crippen molar-refractivity contribution in [2.24, 2.45) is 16.6 Å². The van der Waals surface area contributed by atoms with E-state index in [1.165, 1.54) is 24.9 Å². The normalized spacial score (nSPS) is 22.8. The maximum atomic E-state index is 15.2. The summed E-state index contributed by atoms with van der Waals surface area (Å²) < 4.78 is 40.2. The van der Waals surface area contributed by atoms with E-state index in [1.54, 1.807) is 13.0 Å². The van der Waals surface area contributed by atoms with Gasteiger partial charge in [-0.25, -0.2) is 14.4 Å². The Morgan fingerprint density at radius 1 is 1.31 bits per heavy atom. The van der Waals surface area contributed by atoms with E-state index in [0.717, 1.165) is 5.56 Å². The maximum Gasteiger partial charge on any atom is 0.255 e. The number of thioether (sulfide) groups is 1. The molecule has 0 spiro atoms. The fourth-order valence-corrected chi connectivity index (χ4v) is 5.18. The molecule has 2 atom stereocenters. The molecule has 0 saturated carbocycles. The van der Waals surface area contributed by atoms with Gasteiger partial charge < -0.3 is 20.1 Å². The van der Waals surface area contributed by atoms with E-state index in [4.69, 9.17) is 20.2 Å². The van der Waals surface area contributed by atoms with Crippen LogP contribution in [-0.2, 0) is 16.9 Å². The smallest absolute Gasteiger partial charge is 0.255 e. The zero-order valence-corrected chi connectivity index (χ0v) is 19.4. The predicted octanol–water partition coefficient (Wildman–Crippen LogP) is 3.39. The highest BCUT2D eigenvalue weighted by Crippen LogP contribution is 2.47. The highest BCUT2D eigenvalue weighted by Gasteiger charge is 2.52. The van der Waals surface area contributed by atoms with E-state index in [1.807, 2.05) is 24.8 Å². The van der Waals surface area contributed by atoms with Gasteiger partial charge in [-0.2, -0.15) is 9.37 Å². The molecule has 1 aromatic heterocycles. The number of hydrogen-bond acceptors (Lipinski definition) is 8. The fourth-order valence-electron chi connectivity index (χ4n) is 4.20. The van der Waals surface area contributed by atoms with Gasteiger partial charge in [0.05, 0.1) is 32.1 Å². The molecule has 32 heavy (non-hydrogen) atoms. The number of aryl methyl sites for hydroxylation is 1. The molecule has 10 heteroatoms. The maximum absolute atomic E-state index is 15.2. The third kappa shape index (κ3) is 4.13. The number of fused-ring (bicyclic) bond motifs is 1. The Kier molecular flexibility index (Phi) is 6.26. The average molecular weight is 464 g/mol. The SMILES string of the molecule is COc1nc(N2CC3CSC(N)=NC3(c3cc(COC(C)C)ccc3F)C2)nc(C)c1F. The van der Waals surface area contributed by atoms with Crippen molar-refractivity contribution in [3.63, 3.8) is 0 Å². The minimum Gasteiger partial charge on any atom is -0.479 e. The van der Waals surface area contributed by atoms with E-state index in [0.29, 0.717) is 42.1 Å². The number of benzene rings is 1. The molecule has 172 valence electrons. The minimum absolute atomic E-state index is 0.0319. The van der Waals surface area contributed by atoms with Crippen LogP contribution in [0.25, 0.3) is 0 Å². The number of anilines is 1. The van der Waals surface area contributed by atoms with Crippen LogP contribution in [0.1, 0.15) is 30.7 Å².